The van der Waals surface area contributed by atoms with Gasteiger partial charge in [-0.25, -0.2) is 0 Å². The van der Waals surface area contributed by atoms with Gasteiger partial charge in [-0.3, -0.25) is 0 Å². The zero-order chi connectivity index (χ0) is 9.52. The van der Waals surface area contributed by atoms with Crippen LogP contribution >= 0.6 is 0 Å². The monoisotopic (exact) mass is 173 g/mol. The van der Waals surface area contributed by atoms with Gasteiger partial charge in [0.25, 0.3) is 0 Å². The van der Waals surface area contributed by atoms with Gasteiger partial charge >= 0.3 is 0 Å². The van der Waals surface area contributed by atoms with Crippen LogP contribution in [0.25, 0.3) is 6.08 Å². The van der Waals surface area contributed by atoms with E-state index in [-0.39, 0.29) is 6.61 Å². The highest BCUT2D eigenvalue weighted by molar-refractivity contribution is 5.49. The number of nitrogens with zero attached hydrogens (tertiary/aromatic N) is 1. The summed E-state index contributed by atoms with van der Waals surface area (Å²) in [4.78, 5) is 0. The maximum atomic E-state index is 8.78. The van der Waals surface area contributed by atoms with Gasteiger partial charge in [-0.15, -0.1) is 0 Å². The number of hydrogen-bond donors (Lipinski definition) is 1. The van der Waals surface area contributed by atoms with Crippen LogP contribution < -0.4 is 0 Å². The zero-order valence-corrected chi connectivity index (χ0v) is 7.27. The molecular formula is C11H11NO. The van der Waals surface area contributed by atoms with Crippen LogP contribution in [0.5, 0.6) is 0 Å². The fourth-order valence-corrected chi connectivity index (χ4v) is 0.982. The van der Waals surface area contributed by atoms with Gasteiger partial charge in [0, 0.05) is 0 Å². The molecule has 0 aromatic heterocycles. The second kappa shape index (κ2) is 5.13. The molecule has 0 aliphatic heterocycles. The first-order chi connectivity index (χ1) is 6.36. The molecule has 1 N–H and O–H groups in total. The molecule has 1 rings (SSSR count). The lowest BCUT2D eigenvalue weighted by Crippen LogP contribution is -1.81. The standard InChI is InChI=1S/C11H11NO/c12-8-2-1-3-10-4-6-11(9-13)7-5-10/h1,3-7,13H,2,9H2. The molecule has 0 aliphatic rings. The number of hydrogen-bond acceptors (Lipinski definition) is 2. The third-order valence-corrected chi connectivity index (χ3v) is 1.68. The van der Waals surface area contributed by atoms with E-state index in [2.05, 4.69) is 0 Å². The lowest BCUT2D eigenvalue weighted by Gasteiger charge is -1.95. The van der Waals surface area contributed by atoms with Crippen molar-refractivity contribution in [2.24, 2.45) is 0 Å². The smallest absolute Gasteiger partial charge is 0.0681 e. The number of benzene rings is 1. The first-order valence-corrected chi connectivity index (χ1v) is 4.10. The molecule has 0 fully saturated rings. The Morgan fingerprint density at radius 2 is 2.00 bits per heavy atom. The molecule has 0 atom stereocenters. The predicted molar refractivity (Wildman–Crippen MR) is 51.6 cm³/mol. The molecule has 0 saturated carbocycles. The highest BCUT2D eigenvalue weighted by Crippen LogP contribution is 2.06. The summed E-state index contributed by atoms with van der Waals surface area (Å²) in [6.07, 6.45) is 4.14. The first-order valence-electron chi connectivity index (χ1n) is 4.10. The molecule has 0 aliphatic carbocycles. The molecule has 13 heavy (non-hydrogen) atoms. The number of allylic oxidation sites excluding steroid dienone is 1. The van der Waals surface area contributed by atoms with E-state index in [0.717, 1.165) is 11.1 Å². The Hall–Kier alpha value is -1.59. The van der Waals surface area contributed by atoms with E-state index in [1.165, 1.54) is 0 Å². The molecule has 0 amide bonds. The van der Waals surface area contributed by atoms with Gasteiger partial charge in [-0.2, -0.15) is 5.26 Å². The molecule has 1 aromatic rings. The third-order valence-electron chi connectivity index (χ3n) is 1.68. The van der Waals surface area contributed by atoms with Gasteiger partial charge < -0.3 is 5.11 Å². The van der Waals surface area contributed by atoms with Crippen LogP contribution in [0.15, 0.2) is 30.3 Å². The van der Waals surface area contributed by atoms with E-state index >= 15 is 0 Å². The van der Waals surface area contributed by atoms with Crippen LogP contribution in [0.4, 0.5) is 0 Å². The molecule has 0 bridgehead atoms. The molecule has 2 heteroatoms. The van der Waals surface area contributed by atoms with E-state index in [9.17, 15) is 0 Å². The van der Waals surface area contributed by atoms with E-state index in [4.69, 9.17) is 10.4 Å². The van der Waals surface area contributed by atoms with Crippen molar-refractivity contribution in [3.8, 4) is 6.07 Å². The lowest BCUT2D eigenvalue weighted by molar-refractivity contribution is 0.282. The Morgan fingerprint density at radius 3 is 2.54 bits per heavy atom. The van der Waals surface area contributed by atoms with Crippen molar-refractivity contribution in [2.75, 3.05) is 0 Å². The van der Waals surface area contributed by atoms with Crippen LogP contribution in [0, 0.1) is 11.3 Å². The summed E-state index contributed by atoms with van der Waals surface area (Å²) in [7, 11) is 0. The Morgan fingerprint density at radius 1 is 1.31 bits per heavy atom. The quantitative estimate of drug-likeness (QED) is 0.760. The third kappa shape index (κ3) is 3.10. The van der Waals surface area contributed by atoms with Crippen molar-refractivity contribution in [2.45, 2.75) is 13.0 Å². The molecule has 0 unspecified atom stereocenters. The lowest BCUT2D eigenvalue weighted by atomic mass is 10.1. The van der Waals surface area contributed by atoms with Crippen molar-refractivity contribution in [1.29, 1.82) is 5.26 Å². The number of aliphatic hydroxyl groups excluding tert-OH is 1. The van der Waals surface area contributed by atoms with Crippen molar-refractivity contribution >= 4 is 6.08 Å². The summed E-state index contributed by atoms with van der Waals surface area (Å²) in [6.45, 7) is 0.0716. The Labute approximate surface area is 77.8 Å². The average Bonchev–Trinajstić information content (AvgIpc) is 2.19. The molecule has 1 aromatic carbocycles. The van der Waals surface area contributed by atoms with Crippen molar-refractivity contribution in [1.82, 2.24) is 0 Å². The normalized spacial score (nSPS) is 10.2. The van der Waals surface area contributed by atoms with Gasteiger partial charge in [0.2, 0.25) is 0 Å². The minimum Gasteiger partial charge on any atom is -0.392 e. The summed E-state index contributed by atoms with van der Waals surface area (Å²) >= 11 is 0. The molecule has 0 spiro atoms. The summed E-state index contributed by atoms with van der Waals surface area (Å²) in [5.41, 5.74) is 1.95. The molecule has 2 nitrogen and oxygen atoms in total. The summed E-state index contributed by atoms with van der Waals surface area (Å²) < 4.78 is 0. The van der Waals surface area contributed by atoms with Gasteiger partial charge in [0.15, 0.2) is 0 Å². The van der Waals surface area contributed by atoms with E-state index < -0.39 is 0 Å². The highest BCUT2D eigenvalue weighted by atomic mass is 16.3. The highest BCUT2D eigenvalue weighted by Gasteiger charge is 1.88. The van der Waals surface area contributed by atoms with Gasteiger partial charge in [0.05, 0.1) is 19.1 Å². The van der Waals surface area contributed by atoms with Crippen molar-refractivity contribution in [3.05, 3.63) is 41.5 Å². The predicted octanol–water partition coefficient (Wildman–Crippen LogP) is 2.11. The van der Waals surface area contributed by atoms with E-state index in [1.54, 1.807) is 0 Å². The Balaban J connectivity index is 2.65. The second-order valence-electron chi connectivity index (χ2n) is 2.66. The topological polar surface area (TPSA) is 44.0 Å². The summed E-state index contributed by atoms with van der Waals surface area (Å²) in [6, 6.07) is 9.60. The van der Waals surface area contributed by atoms with Gasteiger partial charge in [-0.05, 0) is 11.1 Å². The summed E-state index contributed by atoms with van der Waals surface area (Å²) in [5.74, 6) is 0. The van der Waals surface area contributed by atoms with E-state index in [0.29, 0.717) is 6.42 Å². The molecule has 0 heterocycles. The first kappa shape index (κ1) is 9.50. The number of nitriles is 1. The van der Waals surface area contributed by atoms with Crippen LogP contribution in [0.3, 0.4) is 0 Å². The number of aliphatic hydroxyl groups is 1. The van der Waals surface area contributed by atoms with Gasteiger partial charge in [0.1, 0.15) is 0 Å². The molecule has 0 saturated heterocycles. The molecule has 66 valence electrons. The fourth-order valence-electron chi connectivity index (χ4n) is 0.982. The molecule has 0 radical (unpaired) electrons. The zero-order valence-electron chi connectivity index (χ0n) is 7.27. The van der Waals surface area contributed by atoms with Crippen LogP contribution in [-0.4, -0.2) is 5.11 Å². The second-order valence-corrected chi connectivity index (χ2v) is 2.66. The van der Waals surface area contributed by atoms with Crippen LogP contribution in [0.1, 0.15) is 17.5 Å². The minimum absolute atomic E-state index is 0.0716. The minimum atomic E-state index is 0.0716. The fraction of sp³-hybridized carbons (Fsp3) is 0.182. The number of rotatable bonds is 3. The average molecular weight is 173 g/mol. The van der Waals surface area contributed by atoms with Crippen LogP contribution in [0.2, 0.25) is 0 Å². The molecular weight excluding hydrogens is 162 g/mol. The Bertz CT molecular complexity index is 319. The van der Waals surface area contributed by atoms with Gasteiger partial charge in [-0.1, -0.05) is 36.4 Å². The maximum Gasteiger partial charge on any atom is 0.0681 e. The van der Waals surface area contributed by atoms with Crippen LogP contribution in [-0.2, 0) is 6.61 Å². The largest absolute Gasteiger partial charge is 0.392 e. The van der Waals surface area contributed by atoms with E-state index in [1.807, 2.05) is 42.5 Å². The maximum absolute atomic E-state index is 8.78. The van der Waals surface area contributed by atoms with Crippen molar-refractivity contribution < 1.29 is 5.11 Å². The Kier molecular flexibility index (Phi) is 3.74. The summed E-state index contributed by atoms with van der Waals surface area (Å²) in [5, 5.41) is 17.1. The SMILES string of the molecule is N#CCC=Cc1ccc(CO)cc1. The van der Waals surface area contributed by atoms with Crippen molar-refractivity contribution in [3.63, 3.8) is 0 Å².